The van der Waals surface area contributed by atoms with E-state index in [4.69, 9.17) is 21.1 Å². The lowest BCUT2D eigenvalue weighted by molar-refractivity contribution is -0.164. The lowest BCUT2D eigenvalue weighted by Gasteiger charge is -2.15. The highest BCUT2D eigenvalue weighted by Crippen LogP contribution is 2.65. The van der Waals surface area contributed by atoms with Gasteiger partial charge in [0.05, 0.1) is 18.1 Å². The van der Waals surface area contributed by atoms with Crippen LogP contribution in [0.2, 0.25) is 5.02 Å². The Balaban J connectivity index is 2.19. The molecule has 0 bridgehead atoms. The maximum Gasteiger partial charge on any atom is 0.325 e. The van der Waals surface area contributed by atoms with Gasteiger partial charge in [-0.05, 0) is 55.8 Å². The summed E-state index contributed by atoms with van der Waals surface area (Å²) in [4.78, 5) is 26.0. The average molecular weight is 516 g/mol. The predicted molar refractivity (Wildman–Crippen MR) is 115 cm³/mol. The highest BCUT2D eigenvalue weighted by molar-refractivity contribution is 9.10. The van der Waals surface area contributed by atoms with E-state index in [0.717, 1.165) is 4.47 Å². The second-order valence-electron chi connectivity index (χ2n) is 6.76. The number of carbonyl (C=O) groups is 2. The van der Waals surface area contributed by atoms with E-state index in [2.05, 4.69) is 15.9 Å². The predicted octanol–water partition coefficient (Wildman–Crippen LogP) is 4.15. The van der Waals surface area contributed by atoms with Crippen molar-refractivity contribution in [3.8, 4) is 0 Å². The van der Waals surface area contributed by atoms with Crippen LogP contribution < -0.4 is 0 Å². The Morgan fingerprint density at radius 2 is 1.47 bits per heavy atom. The molecular weight excluding hydrogens is 496 g/mol. The fourth-order valence-corrected chi connectivity index (χ4v) is 6.41. The molecule has 2 aromatic carbocycles. The van der Waals surface area contributed by atoms with Crippen LogP contribution in [0.15, 0.2) is 57.9 Å². The smallest absolute Gasteiger partial charge is 0.325 e. The van der Waals surface area contributed by atoms with Gasteiger partial charge in [-0.1, -0.05) is 39.7 Å². The monoisotopic (exact) mass is 514 g/mol. The first-order valence-electron chi connectivity index (χ1n) is 9.30. The molecule has 6 nitrogen and oxygen atoms in total. The van der Waals surface area contributed by atoms with Crippen molar-refractivity contribution in [3.05, 3.63) is 63.6 Å². The summed E-state index contributed by atoms with van der Waals surface area (Å²) < 4.78 is 38.1. The van der Waals surface area contributed by atoms with Gasteiger partial charge in [0.1, 0.15) is 5.25 Å². The van der Waals surface area contributed by atoms with Crippen molar-refractivity contribution in [1.29, 1.82) is 0 Å². The lowest BCUT2D eigenvalue weighted by atomic mass is 9.99. The third kappa shape index (κ3) is 3.76. The van der Waals surface area contributed by atoms with E-state index in [1.54, 1.807) is 38.1 Å². The lowest BCUT2D eigenvalue weighted by Crippen LogP contribution is -2.35. The first-order chi connectivity index (χ1) is 14.2. The quantitative estimate of drug-likeness (QED) is 0.407. The van der Waals surface area contributed by atoms with Gasteiger partial charge in [0.2, 0.25) is 0 Å². The summed E-state index contributed by atoms with van der Waals surface area (Å²) in [6, 6.07) is 12.4. The van der Waals surface area contributed by atoms with E-state index in [1.807, 2.05) is 0 Å². The summed E-state index contributed by atoms with van der Waals surface area (Å²) >= 11 is 9.22. The van der Waals surface area contributed by atoms with Crippen LogP contribution in [-0.2, 0) is 28.9 Å². The number of hydrogen-bond donors (Lipinski definition) is 0. The number of rotatable bonds is 7. The van der Waals surface area contributed by atoms with Gasteiger partial charge >= 0.3 is 11.9 Å². The highest BCUT2D eigenvalue weighted by atomic mass is 79.9. The Hall–Kier alpha value is -1.90. The Kier molecular flexibility index (Phi) is 6.60. The van der Waals surface area contributed by atoms with Crippen molar-refractivity contribution in [2.45, 2.75) is 29.9 Å². The minimum Gasteiger partial charge on any atom is -0.465 e. The minimum absolute atomic E-state index is 0.000753. The summed E-state index contributed by atoms with van der Waals surface area (Å²) in [5.41, 5.74) is -1.44. The van der Waals surface area contributed by atoms with E-state index in [9.17, 15) is 18.0 Å². The first kappa shape index (κ1) is 22.8. The molecule has 1 aliphatic rings. The fourth-order valence-electron chi connectivity index (χ4n) is 3.73. The molecule has 0 aromatic heterocycles. The van der Waals surface area contributed by atoms with E-state index in [1.165, 1.54) is 24.3 Å². The second kappa shape index (κ2) is 8.69. The molecule has 2 atom stereocenters. The molecule has 0 saturated heterocycles. The van der Waals surface area contributed by atoms with Gasteiger partial charge in [0.25, 0.3) is 0 Å². The first-order valence-corrected chi connectivity index (χ1v) is 12.0. The zero-order valence-corrected chi connectivity index (χ0v) is 19.5. The molecule has 1 saturated carbocycles. The molecule has 0 N–H and O–H groups in total. The normalized spacial score (nSPS) is 19.7. The maximum absolute atomic E-state index is 13.5. The summed E-state index contributed by atoms with van der Waals surface area (Å²) in [7, 11) is -4.10. The van der Waals surface area contributed by atoms with E-state index in [0.29, 0.717) is 10.6 Å². The van der Waals surface area contributed by atoms with Crippen LogP contribution in [0.3, 0.4) is 0 Å². The maximum atomic E-state index is 13.5. The Morgan fingerprint density at radius 3 is 1.93 bits per heavy atom. The standard InChI is InChI=1S/C21H20BrClO6S/c1-3-28-19(24)21(20(25)29-4-2)17(13-5-7-14(22)8-6-13)18(21)30(26,27)16-11-9-15(23)10-12-16/h5-12,17-18H,3-4H2,1-2H3/t17-,18-/m1/s1. The molecule has 1 fully saturated rings. The molecule has 160 valence electrons. The van der Waals surface area contributed by atoms with Crippen LogP contribution in [0, 0.1) is 5.41 Å². The molecular formula is C21H20BrClO6S. The van der Waals surface area contributed by atoms with Gasteiger partial charge in [-0.3, -0.25) is 9.59 Å². The molecule has 1 aliphatic carbocycles. The molecule has 9 heteroatoms. The van der Waals surface area contributed by atoms with Crippen LogP contribution >= 0.6 is 27.5 Å². The molecule has 3 rings (SSSR count). The van der Waals surface area contributed by atoms with Crippen LogP contribution in [-0.4, -0.2) is 38.8 Å². The summed E-state index contributed by atoms with van der Waals surface area (Å²) in [6.45, 7) is 3.19. The number of benzene rings is 2. The molecule has 0 amide bonds. The third-order valence-corrected chi connectivity index (χ3v) is 8.09. The zero-order chi connectivity index (χ0) is 22.1. The topological polar surface area (TPSA) is 86.7 Å². The molecule has 0 aliphatic heterocycles. The third-order valence-electron chi connectivity index (χ3n) is 5.06. The summed E-state index contributed by atoms with van der Waals surface area (Å²) in [6.07, 6.45) is 0. The second-order valence-corrected chi connectivity index (χ2v) is 10.2. The number of esters is 2. The van der Waals surface area contributed by atoms with Crippen LogP contribution in [0.1, 0.15) is 25.3 Å². The van der Waals surface area contributed by atoms with E-state index in [-0.39, 0.29) is 18.1 Å². The summed E-state index contributed by atoms with van der Waals surface area (Å²) in [5.74, 6) is -2.75. The Labute approximate surface area is 188 Å². The van der Waals surface area contributed by atoms with Crippen molar-refractivity contribution >= 4 is 49.3 Å². The van der Waals surface area contributed by atoms with E-state index >= 15 is 0 Å². The van der Waals surface area contributed by atoms with Crippen molar-refractivity contribution in [3.63, 3.8) is 0 Å². The van der Waals surface area contributed by atoms with Gasteiger partial charge in [0, 0.05) is 15.4 Å². The summed E-state index contributed by atoms with van der Waals surface area (Å²) in [5, 5.41) is -0.985. The number of halogens is 2. The number of ether oxygens (including phenoxy) is 2. The van der Waals surface area contributed by atoms with Crippen molar-refractivity contribution < 1.29 is 27.5 Å². The van der Waals surface area contributed by atoms with Crippen LogP contribution in [0.25, 0.3) is 0 Å². The van der Waals surface area contributed by atoms with Crippen molar-refractivity contribution in [2.75, 3.05) is 13.2 Å². The number of carbonyl (C=O) groups excluding carboxylic acids is 2. The van der Waals surface area contributed by atoms with Gasteiger partial charge < -0.3 is 9.47 Å². The molecule has 0 unspecified atom stereocenters. The van der Waals surface area contributed by atoms with Gasteiger partial charge in [0.15, 0.2) is 15.3 Å². The minimum atomic E-state index is -4.10. The molecule has 0 heterocycles. The average Bonchev–Trinajstić information content (AvgIpc) is 3.42. The van der Waals surface area contributed by atoms with E-state index < -0.39 is 38.4 Å². The highest BCUT2D eigenvalue weighted by Gasteiger charge is 2.81. The molecule has 30 heavy (non-hydrogen) atoms. The van der Waals surface area contributed by atoms with Gasteiger partial charge in [-0.25, -0.2) is 8.42 Å². The number of hydrogen-bond acceptors (Lipinski definition) is 6. The fraction of sp³-hybridized carbons (Fsp3) is 0.333. The SMILES string of the molecule is CCOC(=O)C1(C(=O)OCC)[C@H](c2ccc(Br)cc2)[C@H]1S(=O)(=O)c1ccc(Cl)cc1. The van der Waals surface area contributed by atoms with Crippen molar-refractivity contribution in [1.82, 2.24) is 0 Å². The largest absolute Gasteiger partial charge is 0.465 e. The Bertz CT molecular complexity index is 1030. The molecule has 2 aromatic rings. The number of sulfone groups is 1. The van der Waals surface area contributed by atoms with Crippen LogP contribution in [0.5, 0.6) is 0 Å². The zero-order valence-electron chi connectivity index (χ0n) is 16.3. The molecule has 0 radical (unpaired) electrons. The van der Waals surface area contributed by atoms with Gasteiger partial charge in [-0.2, -0.15) is 0 Å². The van der Waals surface area contributed by atoms with Crippen LogP contribution in [0.4, 0.5) is 0 Å². The Morgan fingerprint density at radius 1 is 0.967 bits per heavy atom. The van der Waals surface area contributed by atoms with Gasteiger partial charge in [-0.15, -0.1) is 0 Å². The molecule has 0 spiro atoms. The van der Waals surface area contributed by atoms with Crippen molar-refractivity contribution in [2.24, 2.45) is 5.41 Å².